The van der Waals surface area contributed by atoms with Crippen molar-refractivity contribution in [2.45, 2.75) is 32.0 Å². The SMILES string of the molecule is O=C(Cn1ncc(=O)c2ccccc21)N(Cc1ccc(F)cc1F)C1CC1. The van der Waals surface area contributed by atoms with Crippen molar-refractivity contribution >= 4 is 16.8 Å². The Balaban J connectivity index is 1.60. The Morgan fingerprint density at radius 2 is 1.96 bits per heavy atom. The van der Waals surface area contributed by atoms with Gasteiger partial charge in [-0.25, -0.2) is 8.78 Å². The van der Waals surface area contributed by atoms with Crippen LogP contribution in [0.25, 0.3) is 10.9 Å². The van der Waals surface area contributed by atoms with Gasteiger partial charge in [-0.05, 0) is 31.0 Å². The van der Waals surface area contributed by atoms with E-state index < -0.39 is 11.6 Å². The average Bonchev–Trinajstić information content (AvgIpc) is 3.48. The molecule has 7 heteroatoms. The van der Waals surface area contributed by atoms with Gasteiger partial charge in [-0.3, -0.25) is 14.3 Å². The number of para-hydroxylation sites is 1. The molecule has 2 aromatic carbocycles. The van der Waals surface area contributed by atoms with Gasteiger partial charge < -0.3 is 4.90 Å². The largest absolute Gasteiger partial charge is 0.334 e. The molecule has 0 saturated heterocycles. The first-order chi connectivity index (χ1) is 13.0. The van der Waals surface area contributed by atoms with Crippen LogP contribution in [0, 0.1) is 11.6 Å². The minimum absolute atomic E-state index is 0.0487. The van der Waals surface area contributed by atoms with E-state index in [1.54, 1.807) is 29.2 Å². The molecule has 4 rings (SSSR count). The topological polar surface area (TPSA) is 55.2 Å². The number of rotatable bonds is 5. The number of aromatic nitrogens is 2. The van der Waals surface area contributed by atoms with Gasteiger partial charge in [0.05, 0.1) is 11.7 Å². The van der Waals surface area contributed by atoms with Gasteiger partial charge in [0.25, 0.3) is 0 Å². The van der Waals surface area contributed by atoms with Crippen LogP contribution in [0.15, 0.2) is 53.5 Å². The van der Waals surface area contributed by atoms with Gasteiger partial charge in [0.1, 0.15) is 18.2 Å². The molecule has 0 spiro atoms. The van der Waals surface area contributed by atoms with Crippen LogP contribution in [0.5, 0.6) is 0 Å². The highest BCUT2D eigenvalue weighted by molar-refractivity contribution is 5.81. The minimum Gasteiger partial charge on any atom is -0.334 e. The Labute approximate surface area is 153 Å². The Morgan fingerprint density at radius 3 is 2.70 bits per heavy atom. The maximum atomic E-state index is 14.0. The second-order valence-corrected chi connectivity index (χ2v) is 6.67. The zero-order valence-electron chi connectivity index (χ0n) is 14.4. The summed E-state index contributed by atoms with van der Waals surface area (Å²) in [7, 11) is 0. The number of nitrogens with zero attached hydrogens (tertiary/aromatic N) is 3. The molecule has 5 nitrogen and oxygen atoms in total. The van der Waals surface area contributed by atoms with Crippen molar-refractivity contribution in [2.24, 2.45) is 0 Å². The molecule has 0 aliphatic heterocycles. The number of carbonyl (C=O) groups excluding carboxylic acids is 1. The molecule has 1 amide bonds. The van der Waals surface area contributed by atoms with Gasteiger partial charge in [0.2, 0.25) is 11.3 Å². The maximum Gasteiger partial charge on any atom is 0.244 e. The average molecular weight is 369 g/mol. The molecule has 3 aromatic rings. The summed E-state index contributed by atoms with van der Waals surface area (Å²) in [6, 6.07) is 10.4. The molecule has 27 heavy (non-hydrogen) atoms. The summed E-state index contributed by atoms with van der Waals surface area (Å²) in [5.74, 6) is -1.53. The molecule has 0 radical (unpaired) electrons. The Morgan fingerprint density at radius 1 is 1.19 bits per heavy atom. The number of hydrogen-bond donors (Lipinski definition) is 0. The van der Waals surface area contributed by atoms with E-state index in [4.69, 9.17) is 0 Å². The summed E-state index contributed by atoms with van der Waals surface area (Å²) < 4.78 is 28.6. The van der Waals surface area contributed by atoms with Crippen LogP contribution in [0.4, 0.5) is 8.78 Å². The molecule has 0 atom stereocenters. The molecule has 1 aliphatic carbocycles. The monoisotopic (exact) mass is 369 g/mol. The first-order valence-electron chi connectivity index (χ1n) is 8.71. The third-order valence-corrected chi connectivity index (χ3v) is 4.71. The molecule has 1 aromatic heterocycles. The van der Waals surface area contributed by atoms with Crippen molar-refractivity contribution in [1.82, 2.24) is 14.7 Å². The highest BCUT2D eigenvalue weighted by Gasteiger charge is 2.33. The molecular weight excluding hydrogens is 352 g/mol. The molecule has 0 N–H and O–H groups in total. The number of carbonyl (C=O) groups is 1. The Kier molecular flexibility index (Phi) is 4.43. The normalized spacial score (nSPS) is 13.7. The van der Waals surface area contributed by atoms with Gasteiger partial charge in [-0.2, -0.15) is 5.10 Å². The molecule has 1 heterocycles. The van der Waals surface area contributed by atoms with Crippen molar-refractivity contribution in [3.8, 4) is 0 Å². The van der Waals surface area contributed by atoms with E-state index in [2.05, 4.69) is 5.10 Å². The van der Waals surface area contributed by atoms with Crippen LogP contribution in [-0.4, -0.2) is 26.6 Å². The summed E-state index contributed by atoms with van der Waals surface area (Å²) in [4.78, 5) is 26.4. The van der Waals surface area contributed by atoms with Gasteiger partial charge in [0, 0.05) is 29.6 Å². The number of hydrogen-bond acceptors (Lipinski definition) is 3. The lowest BCUT2D eigenvalue weighted by Crippen LogP contribution is -2.36. The van der Waals surface area contributed by atoms with E-state index in [1.807, 2.05) is 0 Å². The quantitative estimate of drug-likeness (QED) is 0.695. The zero-order valence-corrected chi connectivity index (χ0v) is 14.4. The van der Waals surface area contributed by atoms with Gasteiger partial charge in [0.15, 0.2) is 0 Å². The fraction of sp³-hybridized carbons (Fsp3) is 0.250. The molecule has 1 saturated carbocycles. The maximum absolute atomic E-state index is 14.0. The first-order valence-corrected chi connectivity index (χ1v) is 8.71. The first kappa shape index (κ1) is 17.3. The van der Waals surface area contributed by atoms with Crippen LogP contribution in [-0.2, 0) is 17.9 Å². The highest BCUT2D eigenvalue weighted by atomic mass is 19.1. The van der Waals surface area contributed by atoms with Crippen molar-refractivity contribution < 1.29 is 13.6 Å². The fourth-order valence-corrected chi connectivity index (χ4v) is 3.15. The fourth-order valence-electron chi connectivity index (χ4n) is 3.15. The molecule has 1 fully saturated rings. The second-order valence-electron chi connectivity index (χ2n) is 6.67. The van der Waals surface area contributed by atoms with E-state index in [0.717, 1.165) is 18.9 Å². The van der Waals surface area contributed by atoms with Crippen LogP contribution in [0.3, 0.4) is 0 Å². The molecule has 138 valence electrons. The van der Waals surface area contributed by atoms with Crippen LogP contribution in [0.2, 0.25) is 0 Å². The lowest BCUT2D eigenvalue weighted by molar-refractivity contribution is -0.133. The van der Waals surface area contributed by atoms with Gasteiger partial charge in [-0.1, -0.05) is 18.2 Å². The molecular formula is C20H17F2N3O2. The van der Waals surface area contributed by atoms with Gasteiger partial charge >= 0.3 is 0 Å². The molecule has 0 bridgehead atoms. The summed E-state index contributed by atoms with van der Waals surface area (Å²) in [6.45, 7) is 0.0217. The Hall–Kier alpha value is -3.09. The number of fused-ring (bicyclic) bond motifs is 1. The molecule has 1 aliphatic rings. The third-order valence-electron chi connectivity index (χ3n) is 4.71. The van der Waals surface area contributed by atoms with Crippen LogP contribution >= 0.6 is 0 Å². The van der Waals surface area contributed by atoms with E-state index >= 15 is 0 Å². The number of amides is 1. The summed E-state index contributed by atoms with van der Waals surface area (Å²) in [5.41, 5.74) is 0.637. The Bertz CT molecular complexity index is 1080. The van der Waals surface area contributed by atoms with E-state index in [-0.39, 0.29) is 36.0 Å². The van der Waals surface area contributed by atoms with Crippen molar-refractivity contribution in [2.75, 3.05) is 0 Å². The standard InChI is InChI=1S/C20H17F2N3O2/c21-14-6-5-13(17(22)9-14)11-24(15-7-8-15)20(27)12-25-18-4-2-1-3-16(18)19(26)10-23-25/h1-6,9-10,15H,7-8,11-12H2. The lowest BCUT2D eigenvalue weighted by atomic mass is 10.2. The summed E-state index contributed by atoms with van der Waals surface area (Å²) in [6.07, 6.45) is 2.90. The summed E-state index contributed by atoms with van der Waals surface area (Å²) in [5, 5.41) is 4.57. The van der Waals surface area contributed by atoms with Crippen molar-refractivity contribution in [1.29, 1.82) is 0 Å². The summed E-state index contributed by atoms with van der Waals surface area (Å²) >= 11 is 0. The number of halogens is 2. The van der Waals surface area contributed by atoms with Crippen molar-refractivity contribution in [3.05, 3.63) is 76.1 Å². The second kappa shape index (κ2) is 6.90. The number of benzene rings is 2. The minimum atomic E-state index is -0.666. The van der Waals surface area contributed by atoms with E-state index in [9.17, 15) is 18.4 Å². The predicted octanol–water partition coefficient (Wildman–Crippen LogP) is 2.87. The van der Waals surface area contributed by atoms with E-state index in [1.165, 1.54) is 23.0 Å². The third kappa shape index (κ3) is 3.58. The van der Waals surface area contributed by atoms with Crippen LogP contribution in [0.1, 0.15) is 18.4 Å². The smallest absolute Gasteiger partial charge is 0.244 e. The van der Waals surface area contributed by atoms with Crippen LogP contribution < -0.4 is 5.43 Å². The van der Waals surface area contributed by atoms with Gasteiger partial charge in [-0.15, -0.1) is 0 Å². The molecule has 0 unspecified atom stereocenters. The highest BCUT2D eigenvalue weighted by Crippen LogP contribution is 2.29. The lowest BCUT2D eigenvalue weighted by Gasteiger charge is -2.23. The zero-order chi connectivity index (χ0) is 19.0. The van der Waals surface area contributed by atoms with E-state index in [0.29, 0.717) is 10.9 Å². The van der Waals surface area contributed by atoms with Crippen molar-refractivity contribution in [3.63, 3.8) is 0 Å². The predicted molar refractivity (Wildman–Crippen MR) is 95.9 cm³/mol.